The molecule has 23 heavy (non-hydrogen) atoms. The average Bonchev–Trinajstić information content (AvgIpc) is 3.39. The number of nitrogens with zero attached hydrogens (tertiary/aromatic N) is 2. The molecular formula is C17H20N4O2. The lowest BCUT2D eigenvalue weighted by molar-refractivity contribution is -0.121. The number of rotatable bonds is 3. The number of anilines is 1. The molecule has 0 bridgehead atoms. The van der Waals surface area contributed by atoms with Crippen molar-refractivity contribution in [2.45, 2.75) is 31.7 Å². The number of hydrogen-bond acceptors (Lipinski definition) is 3. The summed E-state index contributed by atoms with van der Waals surface area (Å²) in [6, 6.07) is 9.30. The fourth-order valence-electron chi connectivity index (χ4n) is 2.75. The number of piperidine rings is 1. The van der Waals surface area contributed by atoms with Crippen molar-refractivity contribution in [2.75, 3.05) is 18.4 Å². The molecule has 1 heterocycles. The highest BCUT2D eigenvalue weighted by Gasteiger charge is 2.30. The fraction of sp³-hybridized carbons (Fsp3) is 0.471. The fourth-order valence-corrected chi connectivity index (χ4v) is 2.75. The number of carbonyl (C=O) groups is 2. The topological polar surface area (TPSA) is 85.2 Å². The Hall–Kier alpha value is -2.55. The summed E-state index contributed by atoms with van der Waals surface area (Å²) in [5.41, 5.74) is 1.16. The summed E-state index contributed by atoms with van der Waals surface area (Å²) >= 11 is 0. The van der Waals surface area contributed by atoms with Crippen LogP contribution in [0.25, 0.3) is 0 Å². The van der Waals surface area contributed by atoms with Gasteiger partial charge in [0.25, 0.3) is 0 Å². The normalized spacial score (nSPS) is 18.1. The first kappa shape index (κ1) is 15.3. The van der Waals surface area contributed by atoms with Gasteiger partial charge < -0.3 is 15.5 Å². The molecule has 1 saturated heterocycles. The minimum absolute atomic E-state index is 0.00641. The Morgan fingerprint density at radius 2 is 1.91 bits per heavy atom. The third-order valence-corrected chi connectivity index (χ3v) is 4.32. The van der Waals surface area contributed by atoms with E-state index in [9.17, 15) is 9.59 Å². The predicted octanol–water partition coefficient (Wildman–Crippen LogP) is 2.08. The van der Waals surface area contributed by atoms with Crippen LogP contribution < -0.4 is 10.6 Å². The smallest absolute Gasteiger partial charge is 0.317 e. The molecule has 1 aromatic rings. The molecule has 1 aliphatic heterocycles. The first-order valence-corrected chi connectivity index (χ1v) is 8.02. The van der Waals surface area contributed by atoms with Crippen LogP contribution >= 0.6 is 0 Å². The van der Waals surface area contributed by atoms with Crippen molar-refractivity contribution < 1.29 is 9.59 Å². The molecule has 2 N–H and O–H groups in total. The lowest BCUT2D eigenvalue weighted by Crippen LogP contribution is -2.46. The summed E-state index contributed by atoms with van der Waals surface area (Å²) in [5, 5.41) is 14.7. The van der Waals surface area contributed by atoms with E-state index in [1.54, 1.807) is 29.2 Å². The number of amides is 3. The van der Waals surface area contributed by atoms with E-state index in [0.717, 1.165) is 12.8 Å². The van der Waals surface area contributed by atoms with Crippen LogP contribution in [0.4, 0.5) is 10.5 Å². The number of benzene rings is 1. The van der Waals surface area contributed by atoms with Gasteiger partial charge in [0, 0.05) is 30.7 Å². The van der Waals surface area contributed by atoms with Gasteiger partial charge in [0.15, 0.2) is 0 Å². The third kappa shape index (κ3) is 4.01. The Balaban J connectivity index is 1.49. The van der Waals surface area contributed by atoms with Gasteiger partial charge >= 0.3 is 6.03 Å². The first-order chi connectivity index (χ1) is 11.2. The molecule has 0 radical (unpaired) electrons. The highest BCUT2D eigenvalue weighted by molar-refractivity contribution is 5.92. The lowest BCUT2D eigenvalue weighted by Gasteiger charge is -2.31. The molecule has 2 fully saturated rings. The van der Waals surface area contributed by atoms with Gasteiger partial charge in [-0.3, -0.25) is 4.79 Å². The van der Waals surface area contributed by atoms with E-state index in [-0.39, 0.29) is 17.9 Å². The van der Waals surface area contributed by atoms with Gasteiger partial charge in [0.05, 0.1) is 11.6 Å². The van der Waals surface area contributed by atoms with E-state index >= 15 is 0 Å². The quantitative estimate of drug-likeness (QED) is 0.896. The zero-order chi connectivity index (χ0) is 16.2. The van der Waals surface area contributed by atoms with Crippen LogP contribution in [0.5, 0.6) is 0 Å². The van der Waals surface area contributed by atoms with E-state index in [0.29, 0.717) is 43.2 Å². The Labute approximate surface area is 135 Å². The molecule has 0 spiro atoms. The Bertz CT molecular complexity index is 640. The first-order valence-electron chi connectivity index (χ1n) is 8.02. The zero-order valence-corrected chi connectivity index (χ0v) is 12.9. The molecule has 6 heteroatoms. The molecule has 1 saturated carbocycles. The average molecular weight is 312 g/mol. The maximum atomic E-state index is 12.3. The van der Waals surface area contributed by atoms with Crippen molar-refractivity contribution in [3.05, 3.63) is 29.8 Å². The maximum Gasteiger partial charge on any atom is 0.317 e. The summed E-state index contributed by atoms with van der Waals surface area (Å²) in [7, 11) is 0. The van der Waals surface area contributed by atoms with Gasteiger partial charge in [-0.15, -0.1) is 0 Å². The predicted molar refractivity (Wildman–Crippen MR) is 85.6 cm³/mol. The van der Waals surface area contributed by atoms with Crippen molar-refractivity contribution >= 4 is 17.6 Å². The molecule has 1 aliphatic carbocycles. The molecule has 2 aliphatic rings. The van der Waals surface area contributed by atoms with E-state index in [1.165, 1.54) is 0 Å². The van der Waals surface area contributed by atoms with Crippen LogP contribution in [-0.2, 0) is 4.79 Å². The minimum Gasteiger partial charge on any atom is -0.335 e. The summed E-state index contributed by atoms with van der Waals surface area (Å²) in [4.78, 5) is 26.1. The van der Waals surface area contributed by atoms with E-state index in [4.69, 9.17) is 5.26 Å². The van der Waals surface area contributed by atoms with Crippen molar-refractivity contribution in [3.8, 4) is 6.07 Å². The molecule has 0 aromatic heterocycles. The van der Waals surface area contributed by atoms with Crippen LogP contribution in [0.3, 0.4) is 0 Å². The van der Waals surface area contributed by atoms with Gasteiger partial charge in [-0.05, 0) is 43.9 Å². The van der Waals surface area contributed by atoms with E-state index in [1.807, 2.05) is 0 Å². The molecule has 3 rings (SSSR count). The number of nitriles is 1. The zero-order valence-electron chi connectivity index (χ0n) is 12.9. The molecule has 6 nitrogen and oxygen atoms in total. The van der Waals surface area contributed by atoms with Crippen LogP contribution in [0.1, 0.15) is 31.2 Å². The van der Waals surface area contributed by atoms with E-state index < -0.39 is 0 Å². The third-order valence-electron chi connectivity index (χ3n) is 4.32. The second-order valence-corrected chi connectivity index (χ2v) is 6.17. The highest BCUT2D eigenvalue weighted by atomic mass is 16.2. The van der Waals surface area contributed by atoms with Crippen LogP contribution in [0.15, 0.2) is 24.3 Å². The monoisotopic (exact) mass is 312 g/mol. The summed E-state index contributed by atoms with van der Waals surface area (Å²) in [5.74, 6) is -0.131. The Kier molecular flexibility index (Phi) is 4.47. The summed E-state index contributed by atoms with van der Waals surface area (Å²) in [6.07, 6.45) is 3.49. The number of urea groups is 1. The highest BCUT2D eigenvalue weighted by Crippen LogP contribution is 2.22. The molecule has 1 aromatic carbocycles. The second-order valence-electron chi connectivity index (χ2n) is 6.17. The largest absolute Gasteiger partial charge is 0.335 e. The second kappa shape index (κ2) is 6.69. The van der Waals surface area contributed by atoms with E-state index in [2.05, 4.69) is 16.7 Å². The number of hydrogen-bond donors (Lipinski definition) is 2. The standard InChI is InChI=1S/C17H20N4O2/c18-11-12-2-1-3-15(10-12)19-16(22)13-6-8-21(9-7-13)17(23)20-14-4-5-14/h1-3,10,13-14H,4-9H2,(H,19,22)(H,20,23). The molecule has 0 unspecified atom stereocenters. The van der Waals surface area contributed by atoms with Gasteiger partial charge in [-0.2, -0.15) is 5.26 Å². The molecular weight excluding hydrogens is 292 g/mol. The van der Waals surface area contributed by atoms with Gasteiger partial charge in [0.1, 0.15) is 0 Å². The number of carbonyl (C=O) groups excluding carboxylic acids is 2. The SMILES string of the molecule is N#Cc1cccc(NC(=O)C2CCN(C(=O)NC3CC3)CC2)c1. The van der Waals surface area contributed by atoms with Crippen LogP contribution in [0, 0.1) is 17.2 Å². The van der Waals surface area contributed by atoms with Crippen molar-refractivity contribution in [2.24, 2.45) is 5.92 Å². The maximum absolute atomic E-state index is 12.3. The minimum atomic E-state index is -0.0919. The Morgan fingerprint density at radius 1 is 1.17 bits per heavy atom. The summed E-state index contributed by atoms with van der Waals surface area (Å²) < 4.78 is 0. The lowest BCUT2D eigenvalue weighted by atomic mass is 9.96. The summed E-state index contributed by atoms with van der Waals surface area (Å²) in [6.45, 7) is 1.21. The van der Waals surface area contributed by atoms with Crippen molar-refractivity contribution in [3.63, 3.8) is 0 Å². The molecule has 0 atom stereocenters. The van der Waals surface area contributed by atoms with Gasteiger partial charge in [-0.25, -0.2) is 4.79 Å². The Morgan fingerprint density at radius 3 is 2.57 bits per heavy atom. The van der Waals surface area contributed by atoms with Crippen molar-refractivity contribution in [1.82, 2.24) is 10.2 Å². The number of nitrogens with one attached hydrogen (secondary N) is 2. The van der Waals surface area contributed by atoms with Gasteiger partial charge in [-0.1, -0.05) is 6.07 Å². The van der Waals surface area contributed by atoms with Crippen LogP contribution in [-0.4, -0.2) is 36.0 Å². The van der Waals surface area contributed by atoms with Crippen LogP contribution in [0.2, 0.25) is 0 Å². The molecule has 3 amide bonds. The van der Waals surface area contributed by atoms with Crippen molar-refractivity contribution in [1.29, 1.82) is 5.26 Å². The molecule has 120 valence electrons. The van der Waals surface area contributed by atoms with Gasteiger partial charge in [0.2, 0.25) is 5.91 Å². The number of likely N-dealkylation sites (tertiary alicyclic amines) is 1.